The highest BCUT2D eigenvalue weighted by Gasteiger charge is 2.72. The minimum Gasteiger partial charge on any atom is -0.494 e. The Labute approximate surface area is 99.1 Å². The monoisotopic (exact) mass is 233 g/mol. The number of hydrogen-bond donors (Lipinski definition) is 2. The first-order chi connectivity index (χ1) is 8.09. The molecule has 2 heterocycles. The lowest BCUT2D eigenvalue weighted by Gasteiger charge is -2.14. The number of aromatic nitrogens is 1. The van der Waals surface area contributed by atoms with Crippen LogP contribution in [0.15, 0.2) is 12.7 Å². The maximum absolute atomic E-state index is 10.2. The molecule has 2 N–H and O–H groups in total. The second kappa shape index (κ2) is 2.53. The Morgan fingerprint density at radius 1 is 1.47 bits per heavy atom. The molecule has 0 radical (unpaired) electrons. The molecule has 4 heteroatoms. The van der Waals surface area contributed by atoms with Gasteiger partial charge in [-0.2, -0.15) is 0 Å². The summed E-state index contributed by atoms with van der Waals surface area (Å²) in [4.78, 5) is 0. The number of nitrogens with zero attached hydrogens (tertiary/aromatic N) is 1. The summed E-state index contributed by atoms with van der Waals surface area (Å²) >= 11 is 0. The number of aromatic hydroxyl groups is 2. The molecule has 0 amide bonds. The largest absolute Gasteiger partial charge is 0.494 e. The van der Waals surface area contributed by atoms with Crippen molar-refractivity contribution in [1.29, 1.82) is 0 Å². The summed E-state index contributed by atoms with van der Waals surface area (Å²) in [6, 6.07) is 0. The Balaban J connectivity index is 1.93. The first-order valence-corrected chi connectivity index (χ1v) is 6.02. The molecule has 1 aromatic heterocycles. The van der Waals surface area contributed by atoms with E-state index in [9.17, 15) is 10.2 Å². The summed E-state index contributed by atoms with van der Waals surface area (Å²) in [7, 11) is 0. The van der Waals surface area contributed by atoms with Crippen LogP contribution in [0.3, 0.4) is 0 Å². The van der Waals surface area contributed by atoms with Crippen LogP contribution in [0.5, 0.6) is 11.8 Å². The van der Waals surface area contributed by atoms with Crippen molar-refractivity contribution in [3.05, 3.63) is 23.8 Å². The number of allylic oxidation sites excluding steroid dienone is 1. The lowest BCUT2D eigenvalue weighted by molar-refractivity contribution is 0.237. The van der Waals surface area contributed by atoms with E-state index < -0.39 is 0 Å². The summed E-state index contributed by atoms with van der Waals surface area (Å²) in [6.07, 6.45) is 2.92. The summed E-state index contributed by atoms with van der Waals surface area (Å²) in [5.41, 5.74) is 1.72. The molecule has 4 atom stereocenters. The third-order valence-electron chi connectivity index (χ3n) is 4.75. The van der Waals surface area contributed by atoms with Gasteiger partial charge in [0, 0.05) is 29.5 Å². The van der Waals surface area contributed by atoms with Gasteiger partial charge in [0.05, 0.1) is 11.7 Å². The molecule has 0 spiro atoms. The van der Waals surface area contributed by atoms with Crippen molar-refractivity contribution in [2.24, 2.45) is 0 Å². The highest BCUT2D eigenvalue weighted by molar-refractivity contribution is 5.60. The van der Waals surface area contributed by atoms with Crippen molar-refractivity contribution < 1.29 is 14.9 Å². The second-order valence-corrected chi connectivity index (χ2v) is 5.49. The van der Waals surface area contributed by atoms with Gasteiger partial charge in [-0.25, -0.2) is 0 Å². The van der Waals surface area contributed by atoms with Crippen LogP contribution in [0, 0.1) is 0 Å². The quantitative estimate of drug-likeness (QED) is 0.605. The lowest BCUT2D eigenvalue weighted by Crippen LogP contribution is -2.17. The summed E-state index contributed by atoms with van der Waals surface area (Å²) < 4.78 is 7.26. The molecule has 0 aromatic carbocycles. The summed E-state index contributed by atoms with van der Waals surface area (Å²) in [6.45, 7) is 6.18. The van der Waals surface area contributed by atoms with E-state index in [1.165, 1.54) is 4.57 Å². The van der Waals surface area contributed by atoms with E-state index in [2.05, 4.69) is 13.5 Å². The number of hydrogen-bond acceptors (Lipinski definition) is 3. The van der Waals surface area contributed by atoms with Crippen molar-refractivity contribution in [3.63, 3.8) is 0 Å². The first-order valence-electron chi connectivity index (χ1n) is 6.02. The molecule has 2 bridgehead atoms. The van der Waals surface area contributed by atoms with Gasteiger partial charge in [-0.3, -0.25) is 4.57 Å². The van der Waals surface area contributed by atoms with Crippen LogP contribution in [0.25, 0.3) is 0 Å². The van der Waals surface area contributed by atoms with E-state index in [0.29, 0.717) is 6.54 Å². The molecule has 2 aliphatic carbocycles. The average molecular weight is 233 g/mol. The van der Waals surface area contributed by atoms with Crippen LogP contribution in [0.4, 0.5) is 0 Å². The second-order valence-electron chi connectivity index (χ2n) is 5.49. The Bertz CT molecular complexity index is 547. The van der Waals surface area contributed by atoms with Crippen LogP contribution in [0.1, 0.15) is 36.3 Å². The van der Waals surface area contributed by atoms with E-state index in [4.69, 9.17) is 4.74 Å². The maximum Gasteiger partial charge on any atom is 0.198 e. The fourth-order valence-electron chi connectivity index (χ4n) is 3.93. The molecule has 1 aliphatic heterocycles. The Kier molecular flexibility index (Phi) is 1.43. The van der Waals surface area contributed by atoms with E-state index in [0.717, 1.165) is 17.5 Å². The van der Waals surface area contributed by atoms with Gasteiger partial charge >= 0.3 is 0 Å². The van der Waals surface area contributed by atoms with Gasteiger partial charge in [0.1, 0.15) is 0 Å². The predicted molar refractivity (Wildman–Crippen MR) is 61.3 cm³/mol. The third-order valence-corrected chi connectivity index (χ3v) is 4.75. The fraction of sp³-hybridized carbons (Fsp3) is 0.538. The van der Waals surface area contributed by atoms with Crippen LogP contribution in [-0.4, -0.2) is 26.5 Å². The van der Waals surface area contributed by atoms with Gasteiger partial charge in [-0.15, -0.1) is 6.58 Å². The van der Waals surface area contributed by atoms with Gasteiger partial charge in [0.15, 0.2) is 11.8 Å². The van der Waals surface area contributed by atoms with Crippen molar-refractivity contribution in [3.8, 4) is 11.8 Å². The fourth-order valence-corrected chi connectivity index (χ4v) is 3.93. The minimum absolute atomic E-state index is 0.0953. The highest BCUT2D eigenvalue weighted by atomic mass is 16.6. The van der Waals surface area contributed by atoms with Crippen molar-refractivity contribution in [2.45, 2.75) is 43.4 Å². The molecule has 17 heavy (non-hydrogen) atoms. The normalized spacial score (nSPS) is 40.2. The maximum atomic E-state index is 10.2. The number of rotatable bonds is 2. The minimum atomic E-state index is -0.0953. The van der Waals surface area contributed by atoms with Gasteiger partial charge in [-0.1, -0.05) is 6.08 Å². The van der Waals surface area contributed by atoms with Crippen molar-refractivity contribution in [2.75, 3.05) is 0 Å². The van der Waals surface area contributed by atoms with E-state index in [-0.39, 0.29) is 35.3 Å². The van der Waals surface area contributed by atoms with Gasteiger partial charge < -0.3 is 14.9 Å². The molecule has 2 fully saturated rings. The summed E-state index contributed by atoms with van der Waals surface area (Å²) in [5.74, 6) is 0.893. The first kappa shape index (κ1) is 9.59. The zero-order chi connectivity index (χ0) is 11.9. The van der Waals surface area contributed by atoms with E-state index in [1.807, 2.05) is 0 Å². The zero-order valence-electron chi connectivity index (χ0n) is 9.68. The number of ether oxygens (including phenoxy) is 1. The smallest absolute Gasteiger partial charge is 0.198 e. The van der Waals surface area contributed by atoms with E-state index in [1.54, 1.807) is 6.08 Å². The van der Waals surface area contributed by atoms with Crippen LogP contribution >= 0.6 is 0 Å². The predicted octanol–water partition coefficient (Wildman–Crippen LogP) is 1.83. The topological polar surface area (TPSA) is 57.9 Å². The Hall–Kier alpha value is -1.42. The van der Waals surface area contributed by atoms with Crippen LogP contribution < -0.4 is 0 Å². The summed E-state index contributed by atoms with van der Waals surface area (Å²) in [5, 5.41) is 20.4. The number of fused-ring (bicyclic) bond motifs is 8. The standard InChI is InChI=1S/C13H15NO3/c1-3-4-14-11(15)8-6-5-7(9(8)12(14)16)13(2)10(6)17-13/h3,6-7,10,15-16H,1,4-5H2,2H3. The molecule has 1 aromatic rings. The van der Waals surface area contributed by atoms with E-state index >= 15 is 0 Å². The molecular weight excluding hydrogens is 218 g/mol. The molecule has 1 saturated carbocycles. The van der Waals surface area contributed by atoms with Crippen LogP contribution in [0.2, 0.25) is 0 Å². The van der Waals surface area contributed by atoms with Gasteiger partial charge in [0.2, 0.25) is 0 Å². The van der Waals surface area contributed by atoms with Gasteiger partial charge in [0.25, 0.3) is 0 Å². The molecule has 90 valence electrons. The third kappa shape index (κ3) is 0.835. The average Bonchev–Trinajstić information content (AvgIpc) is 2.64. The zero-order valence-corrected chi connectivity index (χ0v) is 9.68. The molecule has 3 aliphatic rings. The lowest BCUT2D eigenvalue weighted by atomic mass is 9.86. The SMILES string of the molecule is C=CCn1c(O)c2c(c1O)C1CC2C2OC12C. The molecular formula is C13H15NO3. The molecule has 1 saturated heterocycles. The highest BCUT2D eigenvalue weighted by Crippen LogP contribution is 2.72. The molecule has 4 unspecified atom stereocenters. The van der Waals surface area contributed by atoms with Crippen molar-refractivity contribution in [1.82, 2.24) is 4.57 Å². The van der Waals surface area contributed by atoms with Crippen LogP contribution in [-0.2, 0) is 11.3 Å². The van der Waals surface area contributed by atoms with Crippen molar-refractivity contribution >= 4 is 0 Å². The Morgan fingerprint density at radius 3 is 2.88 bits per heavy atom. The molecule has 4 rings (SSSR count). The number of epoxide rings is 1. The van der Waals surface area contributed by atoms with Gasteiger partial charge in [-0.05, 0) is 13.3 Å². The Morgan fingerprint density at radius 2 is 2.18 bits per heavy atom. The molecule has 4 nitrogen and oxygen atoms in total.